The third-order valence-corrected chi connectivity index (χ3v) is 4.80. The molecule has 5 heteroatoms. The lowest BCUT2D eigenvalue weighted by molar-refractivity contribution is 0.0788. The van der Waals surface area contributed by atoms with Crippen LogP contribution in [-0.4, -0.2) is 29.9 Å². The molecule has 2 atom stereocenters. The van der Waals surface area contributed by atoms with Crippen LogP contribution in [0.1, 0.15) is 27.4 Å². The van der Waals surface area contributed by atoms with Crippen molar-refractivity contribution in [2.45, 2.75) is 18.9 Å². The molecule has 2 N–H and O–H groups in total. The molecule has 2 aromatic carbocycles. The van der Waals surface area contributed by atoms with E-state index < -0.39 is 0 Å². The maximum absolute atomic E-state index is 12.8. The van der Waals surface area contributed by atoms with Gasteiger partial charge in [-0.05, 0) is 30.2 Å². The Hall–Kier alpha value is -1.36. The highest BCUT2D eigenvalue weighted by atomic mass is 79.9. The van der Waals surface area contributed by atoms with Gasteiger partial charge in [-0.25, -0.2) is 0 Å². The van der Waals surface area contributed by atoms with Gasteiger partial charge in [0.1, 0.15) is 0 Å². The van der Waals surface area contributed by atoms with Crippen LogP contribution in [0.4, 0.5) is 0 Å². The molecular formula is C18H20BrClN2O. The Labute approximate surface area is 151 Å². The van der Waals surface area contributed by atoms with Crippen molar-refractivity contribution in [3.05, 3.63) is 69.7 Å². The molecule has 0 spiro atoms. The SMILES string of the molecule is Cc1ccc(Br)cc1C(=O)N1C[C@@H](N)[C@H](c2ccccc2)C1.Cl. The smallest absolute Gasteiger partial charge is 0.254 e. The van der Waals surface area contributed by atoms with Crippen LogP contribution >= 0.6 is 28.3 Å². The standard InChI is InChI=1S/C18H19BrN2O.ClH/c1-12-7-8-14(19)9-15(12)18(22)21-10-16(17(20)11-21)13-5-3-2-4-6-13;/h2-9,16-17H,10-11,20H2,1H3;1H/t16-,17+;/m0./s1. The Morgan fingerprint density at radius 1 is 1.17 bits per heavy atom. The normalized spacial score (nSPS) is 20.2. The van der Waals surface area contributed by atoms with E-state index in [1.54, 1.807) is 0 Å². The molecule has 1 aliphatic heterocycles. The molecule has 1 heterocycles. The van der Waals surface area contributed by atoms with Gasteiger partial charge in [0.25, 0.3) is 5.91 Å². The predicted octanol–water partition coefficient (Wildman–Crippen LogP) is 3.75. The van der Waals surface area contributed by atoms with Crippen molar-refractivity contribution in [3.63, 3.8) is 0 Å². The van der Waals surface area contributed by atoms with Gasteiger partial charge in [-0.2, -0.15) is 0 Å². The number of carbonyl (C=O) groups excluding carboxylic acids is 1. The molecule has 122 valence electrons. The van der Waals surface area contributed by atoms with Gasteiger partial charge in [0.15, 0.2) is 0 Å². The first-order valence-corrected chi connectivity index (χ1v) is 8.21. The van der Waals surface area contributed by atoms with Crippen molar-refractivity contribution in [1.82, 2.24) is 4.90 Å². The number of halogens is 2. The molecular weight excluding hydrogens is 376 g/mol. The van der Waals surface area contributed by atoms with E-state index >= 15 is 0 Å². The van der Waals surface area contributed by atoms with Gasteiger partial charge in [-0.15, -0.1) is 12.4 Å². The van der Waals surface area contributed by atoms with E-state index in [1.165, 1.54) is 5.56 Å². The molecule has 0 aliphatic carbocycles. The molecule has 0 radical (unpaired) electrons. The molecule has 0 saturated carbocycles. The molecule has 3 nitrogen and oxygen atoms in total. The zero-order valence-corrected chi connectivity index (χ0v) is 15.3. The molecule has 2 aromatic rings. The van der Waals surface area contributed by atoms with Gasteiger partial charge in [0.2, 0.25) is 0 Å². The number of rotatable bonds is 2. The molecule has 0 aromatic heterocycles. The van der Waals surface area contributed by atoms with Crippen LogP contribution in [0.5, 0.6) is 0 Å². The number of amides is 1. The lowest BCUT2D eigenvalue weighted by atomic mass is 9.95. The average Bonchev–Trinajstić information content (AvgIpc) is 2.92. The number of carbonyl (C=O) groups is 1. The quantitative estimate of drug-likeness (QED) is 0.842. The van der Waals surface area contributed by atoms with Crippen LogP contribution < -0.4 is 5.73 Å². The Morgan fingerprint density at radius 2 is 1.87 bits per heavy atom. The van der Waals surface area contributed by atoms with Crippen LogP contribution in [0.25, 0.3) is 0 Å². The third-order valence-electron chi connectivity index (χ3n) is 4.31. The minimum Gasteiger partial charge on any atom is -0.336 e. The number of benzene rings is 2. The largest absolute Gasteiger partial charge is 0.336 e. The monoisotopic (exact) mass is 394 g/mol. The highest BCUT2D eigenvalue weighted by Gasteiger charge is 2.34. The zero-order valence-electron chi connectivity index (χ0n) is 12.9. The molecule has 1 aliphatic rings. The van der Waals surface area contributed by atoms with E-state index in [0.717, 1.165) is 15.6 Å². The fourth-order valence-electron chi connectivity index (χ4n) is 3.04. The number of nitrogens with zero attached hydrogens (tertiary/aromatic N) is 1. The molecule has 0 unspecified atom stereocenters. The second kappa shape index (κ2) is 7.47. The van der Waals surface area contributed by atoms with E-state index in [9.17, 15) is 4.79 Å². The van der Waals surface area contributed by atoms with E-state index in [1.807, 2.05) is 48.2 Å². The van der Waals surface area contributed by atoms with Gasteiger partial charge in [-0.3, -0.25) is 4.79 Å². The molecule has 1 amide bonds. The van der Waals surface area contributed by atoms with Crippen LogP contribution in [0.2, 0.25) is 0 Å². The third kappa shape index (κ3) is 3.77. The minimum absolute atomic E-state index is 0. The lowest BCUT2D eigenvalue weighted by Crippen LogP contribution is -2.32. The number of likely N-dealkylation sites (tertiary alicyclic amines) is 1. The van der Waals surface area contributed by atoms with Gasteiger partial charge in [0.05, 0.1) is 0 Å². The number of hydrogen-bond acceptors (Lipinski definition) is 2. The summed E-state index contributed by atoms with van der Waals surface area (Å²) in [4.78, 5) is 14.7. The van der Waals surface area contributed by atoms with Gasteiger partial charge in [-0.1, -0.05) is 52.3 Å². The van der Waals surface area contributed by atoms with Crippen molar-refractivity contribution in [2.24, 2.45) is 5.73 Å². The maximum atomic E-state index is 12.8. The first-order chi connectivity index (χ1) is 10.6. The Balaban J connectivity index is 0.00000192. The molecule has 0 bridgehead atoms. The molecule has 1 saturated heterocycles. The zero-order chi connectivity index (χ0) is 15.7. The summed E-state index contributed by atoms with van der Waals surface area (Å²) in [6.45, 7) is 3.24. The van der Waals surface area contributed by atoms with Gasteiger partial charge >= 0.3 is 0 Å². The van der Waals surface area contributed by atoms with E-state index in [2.05, 4.69) is 28.1 Å². The molecule has 1 fully saturated rings. The Bertz CT molecular complexity index is 693. The predicted molar refractivity (Wildman–Crippen MR) is 99.2 cm³/mol. The number of nitrogens with two attached hydrogens (primary N) is 1. The van der Waals surface area contributed by atoms with E-state index in [-0.39, 0.29) is 30.3 Å². The van der Waals surface area contributed by atoms with Crippen molar-refractivity contribution < 1.29 is 4.79 Å². The maximum Gasteiger partial charge on any atom is 0.254 e. The average molecular weight is 396 g/mol. The summed E-state index contributed by atoms with van der Waals surface area (Å²) in [6.07, 6.45) is 0. The molecule has 3 rings (SSSR count). The van der Waals surface area contributed by atoms with Crippen LogP contribution in [0.3, 0.4) is 0 Å². The van der Waals surface area contributed by atoms with Crippen molar-refractivity contribution in [3.8, 4) is 0 Å². The highest BCUT2D eigenvalue weighted by molar-refractivity contribution is 9.10. The fourth-order valence-corrected chi connectivity index (χ4v) is 3.40. The lowest BCUT2D eigenvalue weighted by Gasteiger charge is -2.18. The van der Waals surface area contributed by atoms with E-state index in [4.69, 9.17) is 5.73 Å². The first kappa shape index (κ1) is 18.0. The Morgan fingerprint density at radius 3 is 2.57 bits per heavy atom. The van der Waals surface area contributed by atoms with Crippen LogP contribution in [0, 0.1) is 6.92 Å². The summed E-state index contributed by atoms with van der Waals surface area (Å²) in [5.41, 5.74) is 9.22. The van der Waals surface area contributed by atoms with Crippen LogP contribution in [0.15, 0.2) is 53.0 Å². The summed E-state index contributed by atoms with van der Waals surface area (Å²) in [5, 5.41) is 0. The first-order valence-electron chi connectivity index (χ1n) is 7.42. The van der Waals surface area contributed by atoms with Crippen molar-refractivity contribution in [1.29, 1.82) is 0 Å². The Kier molecular flexibility index (Phi) is 5.84. The van der Waals surface area contributed by atoms with Crippen molar-refractivity contribution >= 4 is 34.2 Å². The highest BCUT2D eigenvalue weighted by Crippen LogP contribution is 2.28. The number of hydrogen-bond donors (Lipinski definition) is 1. The fraction of sp³-hybridized carbons (Fsp3) is 0.278. The second-order valence-corrected chi connectivity index (χ2v) is 6.77. The summed E-state index contributed by atoms with van der Waals surface area (Å²) >= 11 is 3.44. The number of aryl methyl sites for hydroxylation is 1. The van der Waals surface area contributed by atoms with E-state index in [0.29, 0.717) is 13.1 Å². The summed E-state index contributed by atoms with van der Waals surface area (Å²) in [6, 6.07) is 16.0. The van der Waals surface area contributed by atoms with Gasteiger partial charge < -0.3 is 10.6 Å². The molecule has 23 heavy (non-hydrogen) atoms. The van der Waals surface area contributed by atoms with Crippen molar-refractivity contribution in [2.75, 3.05) is 13.1 Å². The van der Waals surface area contributed by atoms with Gasteiger partial charge in [0, 0.05) is 35.1 Å². The topological polar surface area (TPSA) is 46.3 Å². The van der Waals surface area contributed by atoms with Crippen LogP contribution in [-0.2, 0) is 0 Å². The second-order valence-electron chi connectivity index (χ2n) is 5.85. The minimum atomic E-state index is -0.0150. The summed E-state index contributed by atoms with van der Waals surface area (Å²) in [7, 11) is 0. The summed E-state index contributed by atoms with van der Waals surface area (Å²) in [5.74, 6) is 0.269. The summed E-state index contributed by atoms with van der Waals surface area (Å²) < 4.78 is 0.921.